The van der Waals surface area contributed by atoms with Crippen LogP contribution in [0, 0.1) is 23.1 Å². The normalized spacial score (nSPS) is 24.5. The summed E-state index contributed by atoms with van der Waals surface area (Å²) in [5.74, 6) is 0.398. The van der Waals surface area contributed by atoms with Crippen molar-refractivity contribution >= 4 is 5.69 Å². The Morgan fingerprint density at radius 3 is 2.76 bits per heavy atom. The zero-order chi connectivity index (χ0) is 12.4. The maximum Gasteiger partial charge on any atom is 0.126 e. The van der Waals surface area contributed by atoms with Crippen molar-refractivity contribution in [1.29, 1.82) is 5.26 Å². The van der Waals surface area contributed by atoms with Crippen molar-refractivity contribution in [3.63, 3.8) is 0 Å². The van der Waals surface area contributed by atoms with Crippen molar-refractivity contribution in [2.45, 2.75) is 32.7 Å². The number of halogens is 1. The van der Waals surface area contributed by atoms with Gasteiger partial charge in [-0.15, -0.1) is 0 Å². The molecule has 17 heavy (non-hydrogen) atoms. The maximum absolute atomic E-state index is 13.4. The summed E-state index contributed by atoms with van der Waals surface area (Å²) in [6, 6.07) is 6.99. The van der Waals surface area contributed by atoms with E-state index >= 15 is 0 Å². The average molecular weight is 232 g/mol. The minimum Gasteiger partial charge on any atom is -0.369 e. The number of piperidine rings is 1. The van der Waals surface area contributed by atoms with E-state index in [9.17, 15) is 4.39 Å². The number of nitrogens with zero attached hydrogens (tertiary/aromatic N) is 2. The van der Waals surface area contributed by atoms with Gasteiger partial charge in [0.05, 0.1) is 11.6 Å². The molecule has 2 nitrogen and oxygen atoms in total. The van der Waals surface area contributed by atoms with Gasteiger partial charge < -0.3 is 4.90 Å². The average Bonchev–Trinajstić information content (AvgIpc) is 2.28. The van der Waals surface area contributed by atoms with Gasteiger partial charge in [-0.1, -0.05) is 6.92 Å². The first-order chi connectivity index (χ1) is 8.10. The largest absolute Gasteiger partial charge is 0.369 e. The molecule has 3 heteroatoms. The highest BCUT2D eigenvalue weighted by Gasteiger charge is 2.23. The van der Waals surface area contributed by atoms with Crippen LogP contribution in [-0.2, 0) is 0 Å². The quantitative estimate of drug-likeness (QED) is 0.742. The van der Waals surface area contributed by atoms with Crippen LogP contribution in [0.3, 0.4) is 0 Å². The van der Waals surface area contributed by atoms with Gasteiger partial charge in [0.25, 0.3) is 0 Å². The highest BCUT2D eigenvalue weighted by atomic mass is 19.1. The molecule has 1 aliphatic heterocycles. The van der Waals surface area contributed by atoms with E-state index < -0.39 is 0 Å². The lowest BCUT2D eigenvalue weighted by Gasteiger charge is -2.38. The first-order valence-electron chi connectivity index (χ1n) is 6.07. The fraction of sp³-hybridized carbons (Fsp3) is 0.500. The lowest BCUT2D eigenvalue weighted by atomic mass is 9.93. The van der Waals surface area contributed by atoms with Crippen LogP contribution in [0.1, 0.15) is 32.3 Å². The second-order valence-corrected chi connectivity index (χ2v) is 4.98. The monoisotopic (exact) mass is 232 g/mol. The lowest BCUT2D eigenvalue weighted by molar-refractivity contribution is 0.377. The van der Waals surface area contributed by atoms with Gasteiger partial charge in [0.1, 0.15) is 5.82 Å². The molecular weight excluding hydrogens is 215 g/mol. The van der Waals surface area contributed by atoms with Crippen LogP contribution in [0.5, 0.6) is 0 Å². The van der Waals surface area contributed by atoms with Crippen molar-refractivity contribution < 1.29 is 4.39 Å². The number of hydrogen-bond acceptors (Lipinski definition) is 2. The predicted octanol–water partition coefficient (Wildman–Crippen LogP) is 3.32. The van der Waals surface area contributed by atoms with Gasteiger partial charge >= 0.3 is 0 Å². The molecule has 0 bridgehead atoms. The van der Waals surface area contributed by atoms with E-state index in [2.05, 4.69) is 18.7 Å². The van der Waals surface area contributed by atoms with E-state index in [1.54, 1.807) is 6.07 Å². The van der Waals surface area contributed by atoms with Gasteiger partial charge in [-0.3, -0.25) is 0 Å². The summed E-state index contributed by atoms with van der Waals surface area (Å²) in [6.45, 7) is 5.35. The second kappa shape index (κ2) is 4.75. The molecule has 0 aromatic heterocycles. The molecule has 1 fully saturated rings. The summed E-state index contributed by atoms with van der Waals surface area (Å²) in [5, 5.41) is 8.86. The molecule has 0 spiro atoms. The molecule has 2 atom stereocenters. The number of anilines is 1. The van der Waals surface area contributed by atoms with Crippen LogP contribution in [0.4, 0.5) is 10.1 Å². The van der Waals surface area contributed by atoms with Crippen molar-refractivity contribution in [3.8, 4) is 6.07 Å². The van der Waals surface area contributed by atoms with Crippen LogP contribution in [-0.4, -0.2) is 12.6 Å². The summed E-state index contributed by atoms with van der Waals surface area (Å²) >= 11 is 0. The van der Waals surface area contributed by atoms with Crippen LogP contribution in [0.2, 0.25) is 0 Å². The fourth-order valence-corrected chi connectivity index (χ4v) is 2.60. The summed E-state index contributed by atoms with van der Waals surface area (Å²) in [4.78, 5) is 2.20. The predicted molar refractivity (Wildman–Crippen MR) is 66.3 cm³/mol. The summed E-state index contributed by atoms with van der Waals surface area (Å²) in [5.41, 5.74) is 1.23. The minimum atomic E-state index is -0.329. The second-order valence-electron chi connectivity index (χ2n) is 4.98. The summed E-state index contributed by atoms with van der Waals surface area (Å²) in [7, 11) is 0. The zero-order valence-corrected chi connectivity index (χ0v) is 10.3. The third-order valence-electron chi connectivity index (χ3n) is 3.48. The molecule has 0 aliphatic carbocycles. The highest BCUT2D eigenvalue weighted by molar-refractivity contribution is 5.53. The highest BCUT2D eigenvalue weighted by Crippen LogP contribution is 2.28. The molecule has 1 aliphatic rings. The molecule has 2 rings (SSSR count). The van der Waals surface area contributed by atoms with E-state index in [1.165, 1.54) is 12.1 Å². The van der Waals surface area contributed by atoms with Crippen LogP contribution in [0.15, 0.2) is 18.2 Å². The maximum atomic E-state index is 13.4. The molecule has 0 amide bonds. The Kier molecular flexibility index (Phi) is 3.33. The van der Waals surface area contributed by atoms with Crippen molar-refractivity contribution in [2.75, 3.05) is 11.4 Å². The SMILES string of the molecule is CC1CCN(c2cc(F)cc(C#N)c2)C(C)C1. The molecule has 0 radical (unpaired) electrons. The lowest BCUT2D eigenvalue weighted by Crippen LogP contribution is -2.40. The Morgan fingerprint density at radius 1 is 1.35 bits per heavy atom. The minimum absolute atomic E-state index is 0.329. The van der Waals surface area contributed by atoms with Crippen LogP contribution in [0.25, 0.3) is 0 Å². The standard InChI is InChI=1S/C14H17FN2/c1-10-3-4-17(11(2)5-10)14-7-12(9-16)6-13(15)8-14/h6-8,10-11H,3-5H2,1-2H3. The van der Waals surface area contributed by atoms with Crippen molar-refractivity contribution in [3.05, 3.63) is 29.6 Å². The molecule has 0 N–H and O–H groups in total. The van der Waals surface area contributed by atoms with Gasteiger partial charge in [-0.05, 0) is 43.9 Å². The Labute approximate surface area is 102 Å². The van der Waals surface area contributed by atoms with E-state index in [0.29, 0.717) is 11.6 Å². The van der Waals surface area contributed by atoms with E-state index in [4.69, 9.17) is 5.26 Å². The Morgan fingerprint density at radius 2 is 2.12 bits per heavy atom. The van der Waals surface area contributed by atoms with Gasteiger partial charge in [0.15, 0.2) is 0 Å². The Hall–Kier alpha value is -1.56. The molecule has 1 aromatic carbocycles. The fourth-order valence-electron chi connectivity index (χ4n) is 2.60. The number of hydrogen-bond donors (Lipinski definition) is 0. The van der Waals surface area contributed by atoms with Crippen molar-refractivity contribution in [1.82, 2.24) is 0 Å². The molecule has 1 aromatic rings. The van der Waals surface area contributed by atoms with Gasteiger partial charge in [0, 0.05) is 18.3 Å². The third kappa shape index (κ3) is 2.58. The van der Waals surface area contributed by atoms with Crippen molar-refractivity contribution in [2.24, 2.45) is 5.92 Å². The Bertz CT molecular complexity index is 450. The number of benzene rings is 1. The molecule has 0 saturated carbocycles. The van der Waals surface area contributed by atoms with Gasteiger partial charge in [0.2, 0.25) is 0 Å². The zero-order valence-electron chi connectivity index (χ0n) is 10.3. The smallest absolute Gasteiger partial charge is 0.126 e. The van der Waals surface area contributed by atoms with Gasteiger partial charge in [-0.2, -0.15) is 5.26 Å². The number of nitriles is 1. The first-order valence-corrected chi connectivity index (χ1v) is 6.07. The molecular formula is C14H17FN2. The molecule has 1 heterocycles. The first kappa shape index (κ1) is 11.9. The van der Waals surface area contributed by atoms with Crippen LogP contribution < -0.4 is 4.90 Å². The Balaban J connectivity index is 2.28. The van der Waals surface area contributed by atoms with E-state index in [0.717, 1.165) is 31.0 Å². The molecule has 90 valence electrons. The molecule has 2 unspecified atom stereocenters. The molecule has 1 saturated heterocycles. The third-order valence-corrected chi connectivity index (χ3v) is 3.48. The van der Waals surface area contributed by atoms with Crippen LogP contribution >= 0.6 is 0 Å². The van der Waals surface area contributed by atoms with E-state index in [-0.39, 0.29) is 5.82 Å². The summed E-state index contributed by atoms with van der Waals surface area (Å²) in [6.07, 6.45) is 2.25. The topological polar surface area (TPSA) is 27.0 Å². The van der Waals surface area contributed by atoms with E-state index in [1.807, 2.05) is 6.07 Å². The number of rotatable bonds is 1. The summed E-state index contributed by atoms with van der Waals surface area (Å²) < 4.78 is 13.4. The van der Waals surface area contributed by atoms with Gasteiger partial charge in [-0.25, -0.2) is 4.39 Å².